The maximum Gasteiger partial charge on any atom is 0.147 e. The third kappa shape index (κ3) is 3.05. The van der Waals surface area contributed by atoms with Crippen LogP contribution in [0.25, 0.3) is 0 Å². The number of ketones is 1. The zero-order valence-corrected chi connectivity index (χ0v) is 9.11. The molecule has 0 radical (unpaired) electrons. The Labute approximate surface area is 77.2 Å². The van der Waals surface area contributed by atoms with Gasteiger partial charge in [0.25, 0.3) is 0 Å². The SMILES string of the molecule is CCC(=O)C(C)S(=O)C(C)CC. The van der Waals surface area contributed by atoms with E-state index >= 15 is 0 Å². The van der Waals surface area contributed by atoms with E-state index in [1.54, 1.807) is 6.92 Å². The van der Waals surface area contributed by atoms with Crippen LogP contribution in [0.15, 0.2) is 0 Å². The predicted molar refractivity (Wildman–Crippen MR) is 52.7 cm³/mol. The molecule has 0 aliphatic heterocycles. The molecule has 0 aromatic carbocycles. The molecule has 0 aromatic rings. The first-order valence-electron chi connectivity index (χ1n) is 4.46. The van der Waals surface area contributed by atoms with Crippen LogP contribution in [0.5, 0.6) is 0 Å². The number of hydrogen-bond donors (Lipinski definition) is 0. The summed E-state index contributed by atoms with van der Waals surface area (Å²) >= 11 is 0. The lowest BCUT2D eigenvalue weighted by atomic mass is 10.2. The van der Waals surface area contributed by atoms with E-state index in [2.05, 4.69) is 0 Å². The van der Waals surface area contributed by atoms with E-state index in [-0.39, 0.29) is 16.3 Å². The van der Waals surface area contributed by atoms with Gasteiger partial charge in [0, 0.05) is 22.5 Å². The van der Waals surface area contributed by atoms with Crippen LogP contribution in [0.1, 0.15) is 40.5 Å². The molecule has 0 aliphatic rings. The van der Waals surface area contributed by atoms with Crippen LogP contribution in [0.2, 0.25) is 0 Å². The minimum absolute atomic E-state index is 0.105. The topological polar surface area (TPSA) is 34.1 Å². The van der Waals surface area contributed by atoms with Crippen molar-refractivity contribution in [2.75, 3.05) is 0 Å². The third-order valence-corrected chi connectivity index (χ3v) is 4.21. The molecule has 0 N–H and O–H groups in total. The Hall–Kier alpha value is -0.180. The monoisotopic (exact) mass is 190 g/mol. The fourth-order valence-corrected chi connectivity index (χ4v) is 2.38. The van der Waals surface area contributed by atoms with E-state index in [4.69, 9.17) is 0 Å². The van der Waals surface area contributed by atoms with E-state index in [0.29, 0.717) is 6.42 Å². The Morgan fingerprint density at radius 1 is 1.33 bits per heavy atom. The van der Waals surface area contributed by atoms with Crippen LogP contribution in [0.3, 0.4) is 0 Å². The van der Waals surface area contributed by atoms with Gasteiger partial charge in [0.05, 0.1) is 5.25 Å². The molecule has 3 unspecified atom stereocenters. The van der Waals surface area contributed by atoms with Gasteiger partial charge in [0.1, 0.15) is 5.78 Å². The first kappa shape index (κ1) is 11.8. The van der Waals surface area contributed by atoms with Crippen LogP contribution < -0.4 is 0 Å². The lowest BCUT2D eigenvalue weighted by Gasteiger charge is -2.13. The van der Waals surface area contributed by atoms with Gasteiger partial charge in [-0.1, -0.05) is 20.8 Å². The molecular formula is C9H18O2S. The van der Waals surface area contributed by atoms with Gasteiger partial charge in [-0.3, -0.25) is 9.00 Å². The van der Waals surface area contributed by atoms with Crippen molar-refractivity contribution < 1.29 is 9.00 Å². The Morgan fingerprint density at radius 2 is 1.83 bits per heavy atom. The van der Waals surface area contributed by atoms with Crippen LogP contribution in [0.4, 0.5) is 0 Å². The standard InChI is InChI=1S/C9H18O2S/c1-5-7(3)12(11)8(4)9(10)6-2/h7-8H,5-6H2,1-4H3. The number of carbonyl (C=O) groups excluding carboxylic acids is 1. The van der Waals surface area contributed by atoms with E-state index < -0.39 is 10.8 Å². The molecule has 3 heteroatoms. The van der Waals surface area contributed by atoms with Gasteiger partial charge in [-0.15, -0.1) is 0 Å². The molecule has 3 atom stereocenters. The summed E-state index contributed by atoms with van der Waals surface area (Å²) in [5.41, 5.74) is 0. The summed E-state index contributed by atoms with van der Waals surface area (Å²) in [6, 6.07) is 0. The highest BCUT2D eigenvalue weighted by Crippen LogP contribution is 2.09. The predicted octanol–water partition coefficient (Wildman–Crippen LogP) is 1.90. The molecule has 0 fully saturated rings. The van der Waals surface area contributed by atoms with Gasteiger partial charge in [0.15, 0.2) is 0 Å². The van der Waals surface area contributed by atoms with Crippen LogP contribution in [-0.2, 0) is 15.6 Å². The number of hydrogen-bond acceptors (Lipinski definition) is 2. The molecule has 0 rings (SSSR count). The largest absolute Gasteiger partial charge is 0.298 e. The van der Waals surface area contributed by atoms with Crippen molar-refractivity contribution in [1.82, 2.24) is 0 Å². The maximum absolute atomic E-state index is 11.6. The summed E-state index contributed by atoms with van der Waals surface area (Å²) in [4.78, 5) is 11.2. The molecule has 0 aromatic heterocycles. The smallest absolute Gasteiger partial charge is 0.147 e. The van der Waals surface area contributed by atoms with Crippen molar-refractivity contribution in [3.63, 3.8) is 0 Å². The molecule has 0 saturated carbocycles. The molecule has 0 heterocycles. The molecular weight excluding hydrogens is 172 g/mol. The zero-order chi connectivity index (χ0) is 9.72. The van der Waals surface area contributed by atoms with Crippen LogP contribution >= 0.6 is 0 Å². The van der Waals surface area contributed by atoms with Gasteiger partial charge >= 0.3 is 0 Å². The van der Waals surface area contributed by atoms with Crippen molar-refractivity contribution in [3.05, 3.63) is 0 Å². The summed E-state index contributed by atoms with van der Waals surface area (Å²) in [5, 5.41) is -0.152. The summed E-state index contributed by atoms with van der Waals surface area (Å²) in [5.74, 6) is 0.105. The highest BCUT2D eigenvalue weighted by atomic mass is 32.2. The first-order valence-corrected chi connectivity index (χ1v) is 5.74. The maximum atomic E-state index is 11.6. The van der Waals surface area contributed by atoms with Crippen molar-refractivity contribution in [2.24, 2.45) is 0 Å². The molecule has 0 amide bonds. The van der Waals surface area contributed by atoms with Crippen molar-refractivity contribution in [3.8, 4) is 0 Å². The van der Waals surface area contributed by atoms with Gasteiger partial charge in [0.2, 0.25) is 0 Å². The Bertz CT molecular complexity index is 177. The van der Waals surface area contributed by atoms with Gasteiger partial charge in [-0.25, -0.2) is 0 Å². The summed E-state index contributed by atoms with van der Waals surface area (Å²) in [7, 11) is -0.989. The molecule has 72 valence electrons. The summed E-state index contributed by atoms with van der Waals surface area (Å²) in [6.45, 7) is 7.49. The molecule has 12 heavy (non-hydrogen) atoms. The van der Waals surface area contributed by atoms with Crippen molar-refractivity contribution in [1.29, 1.82) is 0 Å². The number of rotatable bonds is 5. The Balaban J connectivity index is 4.19. The molecule has 0 spiro atoms. The van der Waals surface area contributed by atoms with Crippen molar-refractivity contribution >= 4 is 16.6 Å². The summed E-state index contributed by atoms with van der Waals surface area (Å²) in [6.07, 6.45) is 1.36. The van der Waals surface area contributed by atoms with Gasteiger partial charge in [-0.05, 0) is 13.3 Å². The number of Topliss-reactive ketones (excluding diaryl/α,β-unsaturated/α-hetero) is 1. The fraction of sp³-hybridized carbons (Fsp3) is 0.889. The Kier molecular flexibility index (Phi) is 5.38. The van der Waals surface area contributed by atoms with Gasteiger partial charge in [-0.2, -0.15) is 0 Å². The average Bonchev–Trinajstić information content (AvgIpc) is 2.12. The molecule has 0 saturated heterocycles. The normalized spacial score (nSPS) is 18.3. The van der Waals surface area contributed by atoms with Gasteiger partial charge < -0.3 is 0 Å². The first-order chi connectivity index (χ1) is 5.54. The lowest BCUT2D eigenvalue weighted by Crippen LogP contribution is -2.27. The van der Waals surface area contributed by atoms with Crippen LogP contribution in [-0.4, -0.2) is 20.5 Å². The fourth-order valence-electron chi connectivity index (χ4n) is 0.930. The second kappa shape index (κ2) is 5.46. The Morgan fingerprint density at radius 3 is 2.17 bits per heavy atom. The van der Waals surface area contributed by atoms with E-state index in [0.717, 1.165) is 6.42 Å². The minimum Gasteiger partial charge on any atom is -0.298 e. The third-order valence-electron chi connectivity index (χ3n) is 2.12. The second-order valence-corrected chi connectivity index (χ2v) is 5.18. The summed E-state index contributed by atoms with van der Waals surface area (Å²) < 4.78 is 11.6. The molecule has 2 nitrogen and oxygen atoms in total. The van der Waals surface area contributed by atoms with E-state index in [1.807, 2.05) is 20.8 Å². The van der Waals surface area contributed by atoms with Crippen molar-refractivity contribution in [2.45, 2.75) is 51.0 Å². The average molecular weight is 190 g/mol. The highest BCUT2D eigenvalue weighted by Gasteiger charge is 2.21. The highest BCUT2D eigenvalue weighted by molar-refractivity contribution is 7.87. The zero-order valence-electron chi connectivity index (χ0n) is 8.29. The lowest BCUT2D eigenvalue weighted by molar-refractivity contribution is -0.118. The van der Waals surface area contributed by atoms with E-state index in [9.17, 15) is 9.00 Å². The molecule has 0 bridgehead atoms. The minimum atomic E-state index is -0.989. The van der Waals surface area contributed by atoms with Crippen LogP contribution in [0, 0.1) is 0 Å². The van der Waals surface area contributed by atoms with E-state index in [1.165, 1.54) is 0 Å². The quantitative estimate of drug-likeness (QED) is 0.663. The number of carbonyl (C=O) groups is 1. The molecule has 0 aliphatic carbocycles. The second-order valence-electron chi connectivity index (χ2n) is 3.01.